The summed E-state index contributed by atoms with van der Waals surface area (Å²) in [7, 11) is 0. The Morgan fingerprint density at radius 1 is 0.651 bits per heavy atom. The van der Waals surface area contributed by atoms with Crippen molar-refractivity contribution in [1.29, 1.82) is 0 Å². The van der Waals surface area contributed by atoms with Gasteiger partial charge in [-0.15, -0.1) is 0 Å². The van der Waals surface area contributed by atoms with Crippen molar-refractivity contribution in [2.24, 2.45) is 0 Å². The predicted octanol–water partition coefficient (Wildman–Crippen LogP) is 13.6. The number of hydrogen-bond donors (Lipinski definition) is 0. The van der Waals surface area contributed by atoms with Crippen LogP contribution in [0.4, 0.5) is 0 Å². The first-order chi connectivity index (χ1) is 30.7. The number of fused-ring (bicyclic) bond motifs is 5. The molecule has 312 valence electrons. The minimum atomic E-state index is -0.0720. The summed E-state index contributed by atoms with van der Waals surface area (Å²) in [6, 6.07) is 61.1. The average molecular weight is 1000 g/mol. The van der Waals surface area contributed by atoms with Gasteiger partial charge in [-0.05, 0) is 37.0 Å². The Morgan fingerprint density at radius 2 is 1.33 bits per heavy atom. The number of hydrogen-bond acceptors (Lipinski definition) is 3. The molecule has 1 aliphatic heterocycles. The number of imidazole rings is 1. The first kappa shape index (κ1) is 39.1. The Balaban J connectivity index is 1.07. The molecule has 0 radical (unpaired) electrons. The minimum Gasteiger partial charge on any atom is -0.493 e. The average Bonchev–Trinajstić information content (AvgIpc) is 3.77. The number of benzene rings is 7. The van der Waals surface area contributed by atoms with Crippen molar-refractivity contribution < 1.29 is 28.8 Å². The summed E-state index contributed by atoms with van der Waals surface area (Å²) < 4.78 is 20.7. The summed E-state index contributed by atoms with van der Waals surface area (Å²) in [5, 5.41) is 2.24. The quantitative estimate of drug-likeness (QED) is 0.150. The van der Waals surface area contributed by atoms with Gasteiger partial charge in [0.05, 0.1) is 6.61 Å². The monoisotopic (exact) mass is 999 g/mol. The van der Waals surface area contributed by atoms with Gasteiger partial charge in [-0.25, -0.2) is 0 Å². The summed E-state index contributed by atoms with van der Waals surface area (Å²) in [5.41, 5.74) is 14.3. The molecule has 0 N–H and O–H groups in total. The van der Waals surface area contributed by atoms with E-state index in [2.05, 4.69) is 200 Å². The van der Waals surface area contributed by atoms with Crippen molar-refractivity contribution in [2.45, 2.75) is 46.0 Å². The zero-order chi connectivity index (χ0) is 42.8. The second kappa shape index (κ2) is 15.6. The van der Waals surface area contributed by atoms with Crippen molar-refractivity contribution in [3.63, 3.8) is 0 Å². The minimum absolute atomic E-state index is 0.0720. The molecular weight excluding hydrogens is 956 g/mol. The number of rotatable bonds is 7. The van der Waals surface area contributed by atoms with Crippen molar-refractivity contribution in [1.82, 2.24) is 18.7 Å². The molecule has 1 aliphatic rings. The molecule has 0 bridgehead atoms. The SMILES string of the molecule is Cc1ccnc(-n2c3[c-]c(Oc4[c-]c(-n5[c](=[Pt])n(-c6c(-c7ccccc7)cc(C(C)(C)C)cc6-c6ccccc6)c6ccccc65)ccc4)ccc3c3cc4c(cc32)OCCC4)c1. The van der Waals surface area contributed by atoms with Gasteiger partial charge >= 0.3 is 320 Å². The molecule has 0 spiro atoms. The van der Waals surface area contributed by atoms with Gasteiger partial charge in [-0.1, -0.05) is 0 Å². The molecule has 3 aromatic heterocycles. The van der Waals surface area contributed by atoms with E-state index in [1.165, 1.54) is 22.3 Å². The molecule has 0 fully saturated rings. The van der Waals surface area contributed by atoms with Crippen LogP contribution in [-0.4, -0.2) is 25.3 Å². The van der Waals surface area contributed by atoms with Gasteiger partial charge in [0.25, 0.3) is 0 Å². The summed E-state index contributed by atoms with van der Waals surface area (Å²) in [6.45, 7) is 9.69. The van der Waals surface area contributed by atoms with Gasteiger partial charge in [0.15, 0.2) is 0 Å². The topological polar surface area (TPSA) is 46.1 Å². The Bertz CT molecular complexity index is 3390. The molecule has 0 saturated heterocycles. The maximum atomic E-state index is 6.71. The second-order valence-electron chi connectivity index (χ2n) is 17.3. The Kier molecular flexibility index (Phi) is 9.66. The number of ether oxygens (including phenoxy) is 2. The van der Waals surface area contributed by atoms with Gasteiger partial charge in [-0.3, -0.25) is 0 Å². The normalized spacial score (nSPS) is 12.8. The molecule has 6 nitrogen and oxygen atoms in total. The van der Waals surface area contributed by atoms with Gasteiger partial charge in [0, 0.05) is 6.20 Å². The number of para-hydroxylation sites is 2. The third-order valence-corrected chi connectivity index (χ3v) is 13.1. The molecule has 0 amide bonds. The van der Waals surface area contributed by atoms with E-state index in [4.69, 9.17) is 14.5 Å². The van der Waals surface area contributed by atoms with E-state index in [0.717, 1.165) is 95.7 Å². The molecule has 0 unspecified atom stereocenters. The molecule has 0 saturated carbocycles. The van der Waals surface area contributed by atoms with E-state index in [9.17, 15) is 0 Å². The smallest absolute Gasteiger partial charge is 0.493 e. The fourth-order valence-electron chi connectivity index (χ4n) is 8.99. The van der Waals surface area contributed by atoms with E-state index < -0.39 is 0 Å². The molecule has 7 aromatic carbocycles. The van der Waals surface area contributed by atoms with Crippen LogP contribution in [-0.2, 0) is 31.2 Å². The van der Waals surface area contributed by atoms with Gasteiger partial charge in [0.2, 0.25) is 0 Å². The number of aryl methyl sites for hydroxylation is 2. The van der Waals surface area contributed by atoms with Crippen LogP contribution in [0, 0.1) is 22.9 Å². The van der Waals surface area contributed by atoms with E-state index in [1.54, 1.807) is 0 Å². The number of nitrogens with zero attached hydrogens (tertiary/aromatic N) is 4. The summed E-state index contributed by atoms with van der Waals surface area (Å²) in [6.07, 6.45) is 3.88. The van der Waals surface area contributed by atoms with Crippen LogP contribution in [0.1, 0.15) is 43.9 Å². The van der Waals surface area contributed by atoms with Crippen LogP contribution < -0.4 is 9.47 Å². The third-order valence-electron chi connectivity index (χ3n) is 12.1. The molecule has 10 aromatic rings. The Labute approximate surface area is 378 Å². The van der Waals surface area contributed by atoms with Crippen molar-refractivity contribution in [2.75, 3.05) is 6.61 Å². The molecule has 7 heteroatoms. The predicted molar refractivity (Wildman–Crippen MR) is 250 cm³/mol. The van der Waals surface area contributed by atoms with E-state index in [-0.39, 0.29) is 5.41 Å². The molecule has 63 heavy (non-hydrogen) atoms. The first-order valence-corrected chi connectivity index (χ1v) is 22.6. The van der Waals surface area contributed by atoms with E-state index >= 15 is 0 Å². The van der Waals surface area contributed by atoms with Crippen LogP contribution in [0.15, 0.2) is 158 Å². The molecule has 0 atom stereocenters. The van der Waals surface area contributed by atoms with Crippen molar-refractivity contribution in [3.05, 3.63) is 190 Å². The van der Waals surface area contributed by atoms with Crippen LogP contribution in [0.25, 0.3) is 72.3 Å². The van der Waals surface area contributed by atoms with Crippen LogP contribution in [0.3, 0.4) is 0 Å². The summed E-state index contributed by atoms with van der Waals surface area (Å²) in [4.78, 5) is 4.82. The molecule has 11 rings (SSSR count). The zero-order valence-corrected chi connectivity index (χ0v) is 37.8. The van der Waals surface area contributed by atoms with Crippen molar-refractivity contribution >= 4 is 32.8 Å². The molecule has 0 aliphatic carbocycles. The molecular formula is C56H44N4O2Pt-2. The Morgan fingerprint density at radius 3 is 2.03 bits per heavy atom. The third kappa shape index (κ3) is 6.94. The summed E-state index contributed by atoms with van der Waals surface area (Å²) >= 11 is 2.49. The first-order valence-electron chi connectivity index (χ1n) is 21.5. The van der Waals surface area contributed by atoms with E-state index in [1.807, 2.05) is 30.5 Å². The fourth-order valence-corrected chi connectivity index (χ4v) is 10.1. The Hall–Kier alpha value is -6.75. The summed E-state index contributed by atoms with van der Waals surface area (Å²) in [5.74, 6) is 2.95. The zero-order valence-electron chi connectivity index (χ0n) is 35.6. The van der Waals surface area contributed by atoms with Crippen LogP contribution in [0.5, 0.6) is 17.2 Å². The van der Waals surface area contributed by atoms with E-state index in [0.29, 0.717) is 11.5 Å². The maximum absolute atomic E-state index is 6.71. The fraction of sp³-hybridized carbons (Fsp3) is 0.143. The standard InChI is InChI=1S/C56H44N4O2.Pt/c1-37-26-27-57-54(29-37)60-51-34-44(24-25-45(51)48-30-40-19-14-28-61-53(40)35-52(48)60)62-43-21-13-20-42(33-43)58-36-59(50-23-12-11-22-49(50)58)55-46(38-15-7-5-8-16-38)31-41(56(2,3)4)32-47(55)39-17-9-6-10-18-39;/h5-13,15-18,20-27,29-32,35H,14,19,28H2,1-4H3;/q-2;. The van der Waals surface area contributed by atoms with Crippen LogP contribution in [0.2, 0.25) is 0 Å². The number of aromatic nitrogens is 4. The molecule has 4 heterocycles. The van der Waals surface area contributed by atoms with Gasteiger partial charge in [0.1, 0.15) is 5.75 Å². The van der Waals surface area contributed by atoms with Crippen LogP contribution >= 0.6 is 0 Å². The second-order valence-corrected chi connectivity index (χ2v) is 18.4. The number of pyridine rings is 1. The van der Waals surface area contributed by atoms with Gasteiger partial charge in [-0.2, -0.15) is 0 Å². The van der Waals surface area contributed by atoms with Gasteiger partial charge < -0.3 is 4.74 Å². The van der Waals surface area contributed by atoms with Crippen molar-refractivity contribution in [3.8, 4) is 56.7 Å².